The fraction of sp³-hybridized carbons (Fsp3) is 0.235. The third-order valence-corrected chi connectivity index (χ3v) is 3.74. The second-order valence-electron chi connectivity index (χ2n) is 5.29. The van der Waals surface area contributed by atoms with E-state index in [4.69, 9.17) is 0 Å². The number of amides is 1. The van der Waals surface area contributed by atoms with Crippen LogP contribution in [0.2, 0.25) is 0 Å². The lowest BCUT2D eigenvalue weighted by Crippen LogP contribution is -2.36. The first kappa shape index (κ1) is 12.7. The van der Waals surface area contributed by atoms with Gasteiger partial charge in [0.2, 0.25) is 5.91 Å². The van der Waals surface area contributed by atoms with Gasteiger partial charge in [0.1, 0.15) is 5.75 Å². The fourth-order valence-corrected chi connectivity index (χ4v) is 2.87. The van der Waals surface area contributed by atoms with Crippen LogP contribution in [0.1, 0.15) is 18.1 Å². The van der Waals surface area contributed by atoms with Crippen molar-refractivity contribution < 1.29 is 9.90 Å². The summed E-state index contributed by atoms with van der Waals surface area (Å²) in [5.41, 5.74) is 3.08. The third kappa shape index (κ3) is 2.27. The minimum atomic E-state index is 0.0769. The van der Waals surface area contributed by atoms with E-state index in [-0.39, 0.29) is 17.7 Å². The molecule has 1 aliphatic heterocycles. The molecule has 1 heterocycles. The highest BCUT2D eigenvalue weighted by atomic mass is 16.3. The van der Waals surface area contributed by atoms with Crippen molar-refractivity contribution in [3.8, 4) is 5.75 Å². The van der Waals surface area contributed by atoms with Crippen LogP contribution >= 0.6 is 0 Å². The second-order valence-corrected chi connectivity index (χ2v) is 5.29. The highest BCUT2D eigenvalue weighted by Gasteiger charge is 2.30. The number of rotatable bonds is 2. The summed E-state index contributed by atoms with van der Waals surface area (Å²) in [5, 5.41) is 9.48. The lowest BCUT2D eigenvalue weighted by atomic mass is 10.1. The van der Waals surface area contributed by atoms with E-state index >= 15 is 0 Å². The van der Waals surface area contributed by atoms with Gasteiger partial charge in [-0.1, -0.05) is 30.3 Å². The van der Waals surface area contributed by atoms with Gasteiger partial charge in [0.05, 0.1) is 6.42 Å². The van der Waals surface area contributed by atoms with Crippen LogP contribution in [0.3, 0.4) is 0 Å². The number of aromatic hydroxyl groups is 1. The summed E-state index contributed by atoms with van der Waals surface area (Å²) in [4.78, 5) is 14.4. The Morgan fingerprint density at radius 1 is 1.25 bits per heavy atom. The Labute approximate surface area is 118 Å². The van der Waals surface area contributed by atoms with Gasteiger partial charge in [-0.05, 0) is 42.7 Å². The molecule has 0 saturated carbocycles. The van der Waals surface area contributed by atoms with Gasteiger partial charge in [-0.3, -0.25) is 4.79 Å². The Balaban J connectivity index is 1.84. The van der Waals surface area contributed by atoms with Crippen LogP contribution in [0.25, 0.3) is 0 Å². The van der Waals surface area contributed by atoms with Crippen LogP contribution in [0.15, 0.2) is 48.5 Å². The number of carbonyl (C=O) groups is 1. The molecule has 2 aromatic rings. The van der Waals surface area contributed by atoms with Gasteiger partial charge in [-0.25, -0.2) is 0 Å². The number of nitrogens with zero attached hydrogens (tertiary/aromatic N) is 1. The molecule has 1 amide bonds. The van der Waals surface area contributed by atoms with Crippen molar-refractivity contribution in [3.05, 3.63) is 59.7 Å². The molecule has 1 N–H and O–H groups in total. The van der Waals surface area contributed by atoms with Gasteiger partial charge >= 0.3 is 0 Å². The van der Waals surface area contributed by atoms with E-state index in [1.54, 1.807) is 18.2 Å². The molecular formula is C17H17NO2. The van der Waals surface area contributed by atoms with Gasteiger partial charge in [-0.15, -0.1) is 0 Å². The van der Waals surface area contributed by atoms with Gasteiger partial charge in [-0.2, -0.15) is 0 Å². The van der Waals surface area contributed by atoms with Crippen molar-refractivity contribution in [1.82, 2.24) is 0 Å². The highest BCUT2D eigenvalue weighted by molar-refractivity contribution is 5.97. The molecule has 20 heavy (non-hydrogen) atoms. The molecule has 3 nitrogen and oxygen atoms in total. The monoisotopic (exact) mass is 267 g/mol. The first-order valence-electron chi connectivity index (χ1n) is 6.83. The van der Waals surface area contributed by atoms with Crippen LogP contribution in [-0.4, -0.2) is 17.1 Å². The molecule has 102 valence electrons. The molecule has 0 radical (unpaired) electrons. The maximum atomic E-state index is 12.5. The van der Waals surface area contributed by atoms with Gasteiger partial charge < -0.3 is 10.0 Å². The first-order chi connectivity index (χ1) is 9.65. The zero-order valence-electron chi connectivity index (χ0n) is 11.4. The normalized spacial score (nSPS) is 17.1. The van der Waals surface area contributed by atoms with Gasteiger partial charge in [0, 0.05) is 11.7 Å². The standard InChI is InChI=1S/C17H17NO2/c1-12-9-14-6-2-3-8-16(14)18(12)17(20)11-13-5-4-7-15(19)10-13/h2-8,10,12,19H,9,11H2,1H3. The number of fused-ring (bicyclic) bond motifs is 1. The van der Waals surface area contributed by atoms with Crippen molar-refractivity contribution in [3.63, 3.8) is 0 Å². The molecule has 3 heteroatoms. The molecule has 0 saturated heterocycles. The summed E-state index contributed by atoms with van der Waals surface area (Å²) in [6.45, 7) is 2.07. The molecule has 1 unspecified atom stereocenters. The third-order valence-electron chi connectivity index (χ3n) is 3.74. The van der Waals surface area contributed by atoms with Crippen molar-refractivity contribution in [2.75, 3.05) is 4.90 Å². The maximum absolute atomic E-state index is 12.5. The first-order valence-corrected chi connectivity index (χ1v) is 6.83. The topological polar surface area (TPSA) is 40.5 Å². The summed E-state index contributed by atoms with van der Waals surface area (Å²) in [6.07, 6.45) is 1.22. The number of benzene rings is 2. The van der Waals surface area contributed by atoms with Gasteiger partial charge in [0.15, 0.2) is 0 Å². The highest BCUT2D eigenvalue weighted by Crippen LogP contribution is 2.32. The summed E-state index contributed by atoms with van der Waals surface area (Å²) in [7, 11) is 0. The largest absolute Gasteiger partial charge is 0.508 e. The summed E-state index contributed by atoms with van der Waals surface area (Å²) in [5.74, 6) is 0.276. The smallest absolute Gasteiger partial charge is 0.231 e. The van der Waals surface area contributed by atoms with Crippen molar-refractivity contribution >= 4 is 11.6 Å². The van der Waals surface area contributed by atoms with Crippen molar-refractivity contribution in [1.29, 1.82) is 0 Å². The minimum Gasteiger partial charge on any atom is -0.508 e. The summed E-state index contributed by atoms with van der Waals surface area (Å²) >= 11 is 0. The Morgan fingerprint density at radius 3 is 2.85 bits per heavy atom. The number of anilines is 1. The zero-order valence-corrected chi connectivity index (χ0v) is 11.4. The Hall–Kier alpha value is -2.29. The lowest BCUT2D eigenvalue weighted by Gasteiger charge is -2.22. The predicted octanol–water partition coefficient (Wildman–Crippen LogP) is 2.91. The number of para-hydroxylation sites is 1. The van der Waals surface area contributed by atoms with E-state index in [1.165, 1.54) is 5.56 Å². The van der Waals surface area contributed by atoms with Crippen LogP contribution in [0.4, 0.5) is 5.69 Å². The molecule has 0 bridgehead atoms. The lowest BCUT2D eigenvalue weighted by molar-refractivity contribution is -0.118. The van der Waals surface area contributed by atoms with E-state index < -0.39 is 0 Å². The van der Waals surface area contributed by atoms with Crippen LogP contribution < -0.4 is 4.90 Å². The van der Waals surface area contributed by atoms with Gasteiger partial charge in [0.25, 0.3) is 0 Å². The molecule has 2 aromatic carbocycles. The number of carbonyl (C=O) groups excluding carboxylic acids is 1. The molecule has 0 spiro atoms. The van der Waals surface area contributed by atoms with Crippen LogP contribution in [0.5, 0.6) is 5.75 Å². The summed E-state index contributed by atoms with van der Waals surface area (Å²) in [6, 6.07) is 15.1. The van der Waals surface area contributed by atoms with Crippen LogP contribution in [0, 0.1) is 0 Å². The Morgan fingerprint density at radius 2 is 2.05 bits per heavy atom. The van der Waals surface area contributed by atoms with Crippen LogP contribution in [-0.2, 0) is 17.6 Å². The van der Waals surface area contributed by atoms with E-state index in [0.717, 1.165) is 17.7 Å². The van der Waals surface area contributed by atoms with E-state index in [2.05, 4.69) is 13.0 Å². The molecule has 0 aliphatic carbocycles. The minimum absolute atomic E-state index is 0.0769. The number of phenolic OH excluding ortho intramolecular Hbond substituents is 1. The number of phenols is 1. The average molecular weight is 267 g/mol. The maximum Gasteiger partial charge on any atom is 0.231 e. The average Bonchev–Trinajstić information content (AvgIpc) is 2.74. The molecule has 1 aliphatic rings. The van der Waals surface area contributed by atoms with E-state index in [0.29, 0.717) is 6.42 Å². The molecule has 0 fully saturated rings. The van der Waals surface area contributed by atoms with E-state index in [1.807, 2.05) is 29.2 Å². The predicted molar refractivity (Wildman–Crippen MR) is 78.9 cm³/mol. The molecule has 0 aromatic heterocycles. The molecular weight excluding hydrogens is 250 g/mol. The number of hydrogen-bond acceptors (Lipinski definition) is 2. The SMILES string of the molecule is CC1Cc2ccccc2N1C(=O)Cc1cccc(O)c1. The molecule has 1 atom stereocenters. The number of hydrogen-bond donors (Lipinski definition) is 1. The molecule has 3 rings (SSSR count). The van der Waals surface area contributed by atoms with Crippen molar-refractivity contribution in [2.45, 2.75) is 25.8 Å². The fourth-order valence-electron chi connectivity index (χ4n) is 2.87. The second kappa shape index (κ2) is 5.00. The zero-order chi connectivity index (χ0) is 14.1. The van der Waals surface area contributed by atoms with E-state index in [9.17, 15) is 9.90 Å². The Kier molecular flexibility index (Phi) is 3.18. The quantitative estimate of drug-likeness (QED) is 0.909. The Bertz CT molecular complexity index is 651. The summed E-state index contributed by atoms with van der Waals surface area (Å²) < 4.78 is 0. The van der Waals surface area contributed by atoms with Crippen molar-refractivity contribution in [2.24, 2.45) is 0 Å².